The van der Waals surface area contributed by atoms with Crippen molar-refractivity contribution in [2.75, 3.05) is 13.1 Å². The van der Waals surface area contributed by atoms with Crippen LogP contribution in [0.4, 0.5) is 4.79 Å². The van der Waals surface area contributed by atoms with Gasteiger partial charge in [-0.2, -0.15) is 0 Å². The van der Waals surface area contributed by atoms with E-state index in [0.29, 0.717) is 19.6 Å². The molecule has 0 radical (unpaired) electrons. The van der Waals surface area contributed by atoms with Gasteiger partial charge in [0.2, 0.25) is 0 Å². The van der Waals surface area contributed by atoms with Gasteiger partial charge in [0.05, 0.1) is 18.6 Å². The molecule has 1 aliphatic rings. The Morgan fingerprint density at radius 2 is 2.42 bits per heavy atom. The molecule has 0 bridgehead atoms. The lowest BCUT2D eigenvalue weighted by Crippen LogP contribution is -2.45. The molecule has 1 aliphatic heterocycles. The molecule has 2 rings (SSSR count). The summed E-state index contributed by atoms with van der Waals surface area (Å²) in [5, 5.41) is 11.6. The lowest BCUT2D eigenvalue weighted by molar-refractivity contribution is -0.138. The van der Waals surface area contributed by atoms with Crippen LogP contribution in [0.1, 0.15) is 25.0 Å². The number of urea groups is 1. The highest BCUT2D eigenvalue weighted by Crippen LogP contribution is 2.19. The number of hydrogen-bond donors (Lipinski definition) is 3. The second-order valence-electron chi connectivity index (χ2n) is 4.79. The van der Waals surface area contributed by atoms with Crippen molar-refractivity contribution in [2.24, 2.45) is 5.92 Å². The molecule has 1 aromatic rings. The Labute approximate surface area is 111 Å². The lowest BCUT2D eigenvalue weighted by atomic mass is 9.95. The molecule has 1 fully saturated rings. The van der Waals surface area contributed by atoms with Crippen molar-refractivity contribution in [1.29, 1.82) is 0 Å². The molecule has 104 valence electrons. The molecule has 19 heavy (non-hydrogen) atoms. The molecule has 0 spiro atoms. The number of carbonyl (C=O) groups excluding carboxylic acids is 1. The number of nitrogens with zero attached hydrogens (tertiary/aromatic N) is 2. The fourth-order valence-corrected chi connectivity index (χ4v) is 2.33. The largest absolute Gasteiger partial charge is 0.481 e. The van der Waals surface area contributed by atoms with Gasteiger partial charge in [-0.15, -0.1) is 0 Å². The van der Waals surface area contributed by atoms with Gasteiger partial charge in [-0.1, -0.05) is 0 Å². The van der Waals surface area contributed by atoms with E-state index in [-0.39, 0.29) is 18.4 Å². The smallest absolute Gasteiger partial charge is 0.317 e. The second kappa shape index (κ2) is 6.21. The molecule has 2 heterocycles. The maximum absolute atomic E-state index is 12.0. The Kier molecular flexibility index (Phi) is 4.38. The van der Waals surface area contributed by atoms with Crippen molar-refractivity contribution in [1.82, 2.24) is 20.2 Å². The van der Waals surface area contributed by atoms with Crippen molar-refractivity contribution in [2.45, 2.75) is 25.8 Å². The number of amides is 2. The van der Waals surface area contributed by atoms with Crippen molar-refractivity contribution >= 4 is 12.0 Å². The third kappa shape index (κ3) is 3.97. The van der Waals surface area contributed by atoms with Crippen molar-refractivity contribution < 1.29 is 14.7 Å². The van der Waals surface area contributed by atoms with E-state index in [1.165, 1.54) is 0 Å². The highest BCUT2D eigenvalue weighted by Gasteiger charge is 2.25. The summed E-state index contributed by atoms with van der Waals surface area (Å²) in [6.45, 7) is 1.60. The number of nitrogens with one attached hydrogen (secondary N) is 2. The Morgan fingerprint density at radius 1 is 1.58 bits per heavy atom. The normalized spacial score (nSPS) is 19.2. The van der Waals surface area contributed by atoms with E-state index >= 15 is 0 Å². The van der Waals surface area contributed by atoms with Crippen molar-refractivity contribution in [3.63, 3.8) is 0 Å². The molecule has 7 heteroatoms. The van der Waals surface area contributed by atoms with Gasteiger partial charge in [0.15, 0.2) is 0 Å². The first-order valence-corrected chi connectivity index (χ1v) is 6.37. The number of piperidine rings is 1. The molecule has 1 saturated heterocycles. The van der Waals surface area contributed by atoms with Gasteiger partial charge in [0, 0.05) is 25.7 Å². The standard InChI is InChI=1S/C12H18N4O3/c17-11(18)4-9-2-1-3-16(7-9)12(19)14-6-10-5-13-8-15-10/h5,8-9H,1-4,6-7H2,(H,13,15)(H,14,19)(H,17,18). The van der Waals surface area contributed by atoms with Crippen LogP contribution in [-0.4, -0.2) is 45.1 Å². The topological polar surface area (TPSA) is 98.3 Å². The summed E-state index contributed by atoms with van der Waals surface area (Å²) in [6, 6.07) is -0.148. The minimum absolute atomic E-state index is 0.0594. The van der Waals surface area contributed by atoms with E-state index in [2.05, 4.69) is 15.3 Å². The number of likely N-dealkylation sites (tertiary alicyclic amines) is 1. The fourth-order valence-electron chi connectivity index (χ4n) is 2.33. The first kappa shape index (κ1) is 13.4. The van der Waals surface area contributed by atoms with Crippen LogP contribution in [0, 0.1) is 5.92 Å². The molecule has 0 aromatic carbocycles. The van der Waals surface area contributed by atoms with E-state index in [9.17, 15) is 9.59 Å². The Morgan fingerprint density at radius 3 is 3.11 bits per heavy atom. The summed E-state index contributed by atoms with van der Waals surface area (Å²) >= 11 is 0. The Bertz CT molecular complexity index is 432. The number of aliphatic carboxylic acids is 1. The van der Waals surface area contributed by atoms with Crippen LogP contribution in [0.3, 0.4) is 0 Å². The zero-order valence-electron chi connectivity index (χ0n) is 10.6. The van der Waals surface area contributed by atoms with E-state index < -0.39 is 5.97 Å². The molecule has 1 atom stereocenters. The summed E-state index contributed by atoms with van der Waals surface area (Å²) in [5.41, 5.74) is 0.840. The zero-order chi connectivity index (χ0) is 13.7. The van der Waals surface area contributed by atoms with Gasteiger partial charge in [0.25, 0.3) is 0 Å². The van der Waals surface area contributed by atoms with E-state index in [1.54, 1.807) is 17.4 Å². The van der Waals surface area contributed by atoms with Crippen LogP contribution >= 0.6 is 0 Å². The first-order chi connectivity index (χ1) is 9.15. The third-order valence-corrected chi connectivity index (χ3v) is 3.25. The number of imidazole rings is 1. The molecular weight excluding hydrogens is 248 g/mol. The number of rotatable bonds is 4. The van der Waals surface area contributed by atoms with E-state index in [0.717, 1.165) is 18.5 Å². The van der Waals surface area contributed by atoms with Gasteiger partial charge < -0.3 is 20.3 Å². The zero-order valence-corrected chi connectivity index (χ0v) is 10.6. The van der Waals surface area contributed by atoms with Gasteiger partial charge in [0.1, 0.15) is 0 Å². The summed E-state index contributed by atoms with van der Waals surface area (Å²) in [6.07, 6.45) is 5.07. The lowest BCUT2D eigenvalue weighted by Gasteiger charge is -2.32. The molecule has 3 N–H and O–H groups in total. The van der Waals surface area contributed by atoms with Crippen LogP contribution in [0.25, 0.3) is 0 Å². The third-order valence-electron chi connectivity index (χ3n) is 3.25. The second-order valence-corrected chi connectivity index (χ2v) is 4.79. The first-order valence-electron chi connectivity index (χ1n) is 6.37. The highest BCUT2D eigenvalue weighted by molar-refractivity contribution is 5.74. The van der Waals surface area contributed by atoms with E-state index in [1.807, 2.05) is 0 Å². The molecule has 1 aromatic heterocycles. The summed E-state index contributed by atoms with van der Waals surface area (Å²) in [7, 11) is 0. The van der Waals surface area contributed by atoms with Gasteiger partial charge in [-0.25, -0.2) is 9.78 Å². The molecule has 0 aliphatic carbocycles. The van der Waals surface area contributed by atoms with Crippen molar-refractivity contribution in [3.05, 3.63) is 18.2 Å². The predicted octanol–water partition coefficient (Wildman–Crippen LogP) is 0.806. The number of H-pyrrole nitrogens is 1. The highest BCUT2D eigenvalue weighted by atomic mass is 16.4. The summed E-state index contributed by atoms with van der Waals surface area (Å²) < 4.78 is 0. The van der Waals surface area contributed by atoms with E-state index in [4.69, 9.17) is 5.11 Å². The maximum atomic E-state index is 12.0. The van der Waals surface area contributed by atoms with Crippen LogP contribution in [0.5, 0.6) is 0 Å². The van der Waals surface area contributed by atoms with Crippen LogP contribution in [0.2, 0.25) is 0 Å². The number of hydrogen-bond acceptors (Lipinski definition) is 3. The quantitative estimate of drug-likeness (QED) is 0.751. The predicted molar refractivity (Wildman–Crippen MR) is 67.4 cm³/mol. The molecular formula is C12H18N4O3. The Hall–Kier alpha value is -2.05. The number of aromatic amines is 1. The number of carboxylic acid groups (broad SMARTS) is 1. The molecule has 7 nitrogen and oxygen atoms in total. The summed E-state index contributed by atoms with van der Waals surface area (Å²) in [5.74, 6) is -0.742. The average Bonchev–Trinajstić information content (AvgIpc) is 2.88. The van der Waals surface area contributed by atoms with Crippen LogP contribution < -0.4 is 5.32 Å². The van der Waals surface area contributed by atoms with Crippen molar-refractivity contribution in [3.8, 4) is 0 Å². The molecule has 1 unspecified atom stereocenters. The SMILES string of the molecule is O=C(O)CC1CCCN(C(=O)NCc2cnc[nH]2)C1. The average molecular weight is 266 g/mol. The fraction of sp³-hybridized carbons (Fsp3) is 0.583. The molecule has 2 amide bonds. The summed E-state index contributed by atoms with van der Waals surface area (Å²) in [4.78, 5) is 31.1. The number of carbonyl (C=O) groups is 2. The number of aromatic nitrogens is 2. The van der Waals surface area contributed by atoms with Gasteiger partial charge in [-0.05, 0) is 18.8 Å². The minimum atomic E-state index is -0.801. The van der Waals surface area contributed by atoms with Crippen LogP contribution in [0.15, 0.2) is 12.5 Å². The molecule has 0 saturated carbocycles. The van der Waals surface area contributed by atoms with Crippen LogP contribution in [-0.2, 0) is 11.3 Å². The van der Waals surface area contributed by atoms with Gasteiger partial charge in [-0.3, -0.25) is 4.79 Å². The van der Waals surface area contributed by atoms with Gasteiger partial charge >= 0.3 is 12.0 Å². The monoisotopic (exact) mass is 266 g/mol. The number of carboxylic acids is 1. The Balaban J connectivity index is 1.79. The minimum Gasteiger partial charge on any atom is -0.481 e. The maximum Gasteiger partial charge on any atom is 0.317 e.